The molecule has 3 rings (SSSR count). The van der Waals surface area contributed by atoms with Gasteiger partial charge < -0.3 is 14.9 Å². The van der Waals surface area contributed by atoms with E-state index in [4.69, 9.17) is 11.6 Å². The molecule has 1 saturated heterocycles. The van der Waals surface area contributed by atoms with Crippen molar-refractivity contribution in [2.75, 3.05) is 31.1 Å². The van der Waals surface area contributed by atoms with Crippen molar-refractivity contribution in [3.63, 3.8) is 0 Å². The van der Waals surface area contributed by atoms with Crippen molar-refractivity contribution < 1.29 is 14.8 Å². The number of hydrogen-bond donors (Lipinski definition) is 1. The minimum atomic E-state index is -0.482. The molecule has 0 aliphatic carbocycles. The van der Waals surface area contributed by atoms with Gasteiger partial charge in [0.05, 0.1) is 15.6 Å². The smallest absolute Gasteiger partial charge is 0.271 e. The summed E-state index contributed by atoms with van der Waals surface area (Å²) in [7, 11) is 0. The van der Waals surface area contributed by atoms with Crippen LogP contribution in [0.2, 0.25) is 5.02 Å². The molecule has 130 valence electrons. The van der Waals surface area contributed by atoms with Gasteiger partial charge >= 0.3 is 0 Å². The van der Waals surface area contributed by atoms with Crippen LogP contribution in [-0.2, 0) is 0 Å². The number of carbonyl (C=O) groups is 1. The number of nitro groups is 1. The number of piperazine rings is 1. The number of phenolic OH excluding ortho intramolecular Hbond substituents is 1. The summed E-state index contributed by atoms with van der Waals surface area (Å²) in [6, 6.07) is 10.6. The second kappa shape index (κ2) is 6.98. The van der Waals surface area contributed by atoms with Crippen molar-refractivity contribution in [1.82, 2.24) is 4.90 Å². The van der Waals surface area contributed by atoms with Gasteiger partial charge in [0, 0.05) is 43.9 Å². The van der Waals surface area contributed by atoms with Crippen LogP contribution < -0.4 is 4.90 Å². The molecule has 0 bridgehead atoms. The number of rotatable bonds is 3. The van der Waals surface area contributed by atoms with Crippen LogP contribution in [0, 0.1) is 10.1 Å². The predicted octanol–water partition coefficient (Wildman–Crippen LogP) is 2.92. The molecule has 7 nitrogen and oxygen atoms in total. The van der Waals surface area contributed by atoms with E-state index in [0.717, 1.165) is 5.69 Å². The zero-order chi connectivity index (χ0) is 18.0. The second-order valence-electron chi connectivity index (χ2n) is 5.72. The fraction of sp³-hybridized carbons (Fsp3) is 0.235. The second-order valence-corrected chi connectivity index (χ2v) is 6.13. The Hall–Kier alpha value is -2.80. The molecular formula is C17H16ClN3O4. The molecule has 2 aromatic carbocycles. The van der Waals surface area contributed by atoms with E-state index >= 15 is 0 Å². The number of carbonyl (C=O) groups excluding carboxylic acids is 1. The van der Waals surface area contributed by atoms with Gasteiger partial charge in [-0.15, -0.1) is 0 Å². The standard InChI is InChI=1S/C17H16ClN3O4/c18-15-11-13(21(24)25)3-6-16(15)19-7-9-20(10-8-19)17(23)12-1-4-14(22)5-2-12/h1-6,11,22H,7-10H2. The third-order valence-corrected chi connectivity index (χ3v) is 4.47. The Labute approximate surface area is 149 Å². The maximum Gasteiger partial charge on any atom is 0.271 e. The quantitative estimate of drug-likeness (QED) is 0.671. The molecule has 0 unspecified atom stereocenters. The van der Waals surface area contributed by atoms with Crippen molar-refractivity contribution >= 4 is 28.9 Å². The molecule has 2 aromatic rings. The lowest BCUT2D eigenvalue weighted by Crippen LogP contribution is -2.48. The Morgan fingerprint density at radius 1 is 1.08 bits per heavy atom. The molecule has 0 aromatic heterocycles. The highest BCUT2D eigenvalue weighted by molar-refractivity contribution is 6.33. The molecule has 8 heteroatoms. The number of halogens is 1. The van der Waals surface area contributed by atoms with Crippen molar-refractivity contribution in [2.45, 2.75) is 0 Å². The van der Waals surface area contributed by atoms with Crippen molar-refractivity contribution in [3.05, 3.63) is 63.2 Å². The zero-order valence-corrected chi connectivity index (χ0v) is 14.0. The number of benzene rings is 2. The van der Waals surface area contributed by atoms with Crippen LogP contribution >= 0.6 is 11.6 Å². The maximum absolute atomic E-state index is 12.5. The number of non-ortho nitro benzene ring substituents is 1. The highest BCUT2D eigenvalue weighted by Crippen LogP contribution is 2.30. The molecule has 0 radical (unpaired) electrons. The predicted molar refractivity (Wildman–Crippen MR) is 94.3 cm³/mol. The van der Waals surface area contributed by atoms with Gasteiger partial charge in [-0.2, -0.15) is 0 Å². The Morgan fingerprint density at radius 2 is 1.72 bits per heavy atom. The van der Waals surface area contributed by atoms with Crippen LogP contribution in [0.3, 0.4) is 0 Å². The summed E-state index contributed by atoms with van der Waals surface area (Å²) in [5, 5.41) is 20.4. The number of nitro benzene ring substituents is 1. The van der Waals surface area contributed by atoms with Gasteiger partial charge in [0.15, 0.2) is 0 Å². The van der Waals surface area contributed by atoms with Crippen LogP contribution in [0.1, 0.15) is 10.4 Å². The summed E-state index contributed by atoms with van der Waals surface area (Å²) < 4.78 is 0. The number of nitrogens with zero attached hydrogens (tertiary/aromatic N) is 3. The third-order valence-electron chi connectivity index (χ3n) is 4.16. The maximum atomic E-state index is 12.5. The van der Waals surface area contributed by atoms with E-state index in [1.165, 1.54) is 24.3 Å². The van der Waals surface area contributed by atoms with E-state index in [1.54, 1.807) is 23.1 Å². The summed E-state index contributed by atoms with van der Waals surface area (Å²) >= 11 is 6.17. The Morgan fingerprint density at radius 3 is 2.28 bits per heavy atom. The van der Waals surface area contributed by atoms with E-state index in [9.17, 15) is 20.0 Å². The van der Waals surface area contributed by atoms with E-state index in [2.05, 4.69) is 0 Å². The summed E-state index contributed by atoms with van der Waals surface area (Å²) in [5.74, 6) is 0.0311. The number of amides is 1. The van der Waals surface area contributed by atoms with E-state index in [-0.39, 0.29) is 17.3 Å². The van der Waals surface area contributed by atoms with Gasteiger partial charge in [-0.05, 0) is 30.3 Å². The van der Waals surface area contributed by atoms with Gasteiger partial charge in [-0.1, -0.05) is 11.6 Å². The third kappa shape index (κ3) is 3.66. The Kier molecular flexibility index (Phi) is 4.76. The monoisotopic (exact) mass is 361 g/mol. The number of phenols is 1. The Bertz CT molecular complexity index is 802. The van der Waals surface area contributed by atoms with Crippen molar-refractivity contribution in [3.8, 4) is 5.75 Å². The molecule has 0 saturated carbocycles. The molecule has 1 aliphatic heterocycles. The number of aromatic hydroxyl groups is 1. The molecule has 25 heavy (non-hydrogen) atoms. The van der Waals surface area contributed by atoms with Gasteiger partial charge in [0.25, 0.3) is 11.6 Å². The zero-order valence-electron chi connectivity index (χ0n) is 13.3. The van der Waals surface area contributed by atoms with E-state index in [0.29, 0.717) is 36.8 Å². The molecule has 1 fully saturated rings. The lowest BCUT2D eigenvalue weighted by atomic mass is 10.1. The first kappa shape index (κ1) is 17.0. The minimum Gasteiger partial charge on any atom is -0.508 e. The van der Waals surface area contributed by atoms with Crippen molar-refractivity contribution in [1.29, 1.82) is 0 Å². The SMILES string of the molecule is O=C(c1ccc(O)cc1)N1CCN(c2ccc([N+](=O)[O-])cc2Cl)CC1. The first-order valence-electron chi connectivity index (χ1n) is 7.73. The summed E-state index contributed by atoms with van der Waals surface area (Å²) in [5.41, 5.74) is 1.21. The first-order valence-corrected chi connectivity index (χ1v) is 8.10. The van der Waals surface area contributed by atoms with Gasteiger partial charge in [-0.25, -0.2) is 0 Å². The number of anilines is 1. The molecule has 1 amide bonds. The molecule has 1 heterocycles. The lowest BCUT2D eigenvalue weighted by molar-refractivity contribution is -0.384. The van der Waals surface area contributed by atoms with E-state index in [1.807, 2.05) is 4.90 Å². The summed E-state index contributed by atoms with van der Waals surface area (Å²) in [4.78, 5) is 26.5. The lowest BCUT2D eigenvalue weighted by Gasteiger charge is -2.36. The first-order chi connectivity index (χ1) is 12.0. The van der Waals surface area contributed by atoms with Crippen LogP contribution in [0.5, 0.6) is 5.75 Å². The van der Waals surface area contributed by atoms with Crippen LogP contribution in [0.25, 0.3) is 0 Å². The normalized spacial score (nSPS) is 14.4. The molecule has 0 atom stereocenters. The summed E-state index contributed by atoms with van der Waals surface area (Å²) in [6.45, 7) is 2.21. The minimum absolute atomic E-state index is 0.0464. The van der Waals surface area contributed by atoms with Crippen LogP contribution in [0.4, 0.5) is 11.4 Å². The molecule has 1 N–H and O–H groups in total. The fourth-order valence-electron chi connectivity index (χ4n) is 2.80. The Balaban J connectivity index is 1.66. The molecular weight excluding hydrogens is 346 g/mol. The topological polar surface area (TPSA) is 86.9 Å². The van der Waals surface area contributed by atoms with Gasteiger partial charge in [0.1, 0.15) is 5.75 Å². The molecule has 0 spiro atoms. The largest absolute Gasteiger partial charge is 0.508 e. The van der Waals surface area contributed by atoms with Gasteiger partial charge in [-0.3, -0.25) is 14.9 Å². The number of hydrogen-bond acceptors (Lipinski definition) is 5. The van der Waals surface area contributed by atoms with Crippen molar-refractivity contribution in [2.24, 2.45) is 0 Å². The average Bonchev–Trinajstić information content (AvgIpc) is 2.62. The highest BCUT2D eigenvalue weighted by Gasteiger charge is 2.24. The highest BCUT2D eigenvalue weighted by atomic mass is 35.5. The molecule has 1 aliphatic rings. The van der Waals surface area contributed by atoms with Crippen LogP contribution in [0.15, 0.2) is 42.5 Å². The fourth-order valence-corrected chi connectivity index (χ4v) is 3.10. The summed E-state index contributed by atoms with van der Waals surface area (Å²) in [6.07, 6.45) is 0. The van der Waals surface area contributed by atoms with Gasteiger partial charge in [0.2, 0.25) is 0 Å². The van der Waals surface area contributed by atoms with Crippen LogP contribution in [-0.4, -0.2) is 47.0 Å². The average molecular weight is 362 g/mol. The van der Waals surface area contributed by atoms with E-state index < -0.39 is 4.92 Å².